The quantitative estimate of drug-likeness (QED) is 0.202. The number of hydrogen-bond donors (Lipinski definition) is 0. The lowest BCUT2D eigenvalue weighted by atomic mass is 9.97. The number of para-hydroxylation sites is 2. The van der Waals surface area contributed by atoms with Gasteiger partial charge in [-0.05, 0) is 46.5 Å². The van der Waals surface area contributed by atoms with Gasteiger partial charge in [0.05, 0.1) is 0 Å². The zero-order valence-corrected chi connectivity index (χ0v) is 23.2. The fourth-order valence-electron chi connectivity index (χ4n) is 5.73. The summed E-state index contributed by atoms with van der Waals surface area (Å²) in [5.41, 5.74) is 9.16. The summed E-state index contributed by atoms with van der Waals surface area (Å²) < 4.78 is 10.1. The van der Waals surface area contributed by atoms with Crippen LogP contribution >= 0.6 is 27.3 Å². The van der Waals surface area contributed by atoms with Gasteiger partial charge in [-0.2, -0.15) is 0 Å². The number of halogens is 1. The molecule has 0 atom stereocenters. The van der Waals surface area contributed by atoms with E-state index in [1.54, 1.807) is 0 Å². The van der Waals surface area contributed by atoms with E-state index in [2.05, 4.69) is 131 Å². The molecule has 0 radical (unpaired) electrons. The first kappa shape index (κ1) is 22.8. The number of thiophene rings is 1. The molecule has 2 aromatic heterocycles. The van der Waals surface area contributed by atoms with Crippen molar-refractivity contribution in [2.45, 2.75) is 0 Å². The zero-order valence-electron chi connectivity index (χ0n) is 20.8. The van der Waals surface area contributed by atoms with Gasteiger partial charge in [0, 0.05) is 46.5 Å². The molecule has 0 amide bonds. The standard InChI is InChI=1S/C36H21BrOS/c37-25-19-17-22(18-20-25)23-7-3-8-24(21-23)26-10-4-14-31-32-15-6-13-30(36(32)39-35(26)31)29-12-5-11-28-27-9-1-2-16-33(27)38-34(28)29/h1-21H. The van der Waals surface area contributed by atoms with Crippen molar-refractivity contribution in [1.29, 1.82) is 0 Å². The predicted octanol–water partition coefficient (Wildman–Crippen LogP) is 11.7. The third-order valence-corrected chi connectivity index (χ3v) is 9.39. The van der Waals surface area contributed by atoms with Crippen molar-refractivity contribution in [2.75, 3.05) is 0 Å². The first-order chi connectivity index (χ1) is 19.2. The minimum Gasteiger partial charge on any atom is -0.455 e. The lowest BCUT2D eigenvalue weighted by Gasteiger charge is -2.07. The van der Waals surface area contributed by atoms with Gasteiger partial charge in [-0.1, -0.05) is 119 Å². The molecule has 1 nitrogen and oxygen atoms in total. The van der Waals surface area contributed by atoms with E-state index in [1.165, 1.54) is 48.0 Å². The summed E-state index contributed by atoms with van der Waals surface area (Å²) in [4.78, 5) is 0. The molecular weight excluding hydrogens is 560 g/mol. The minimum absolute atomic E-state index is 0.927. The SMILES string of the molecule is Brc1ccc(-c2cccc(-c3cccc4c3sc3c(-c5cccc6c5oc5ccccc56)cccc34)c2)cc1. The van der Waals surface area contributed by atoms with Gasteiger partial charge < -0.3 is 4.42 Å². The summed E-state index contributed by atoms with van der Waals surface area (Å²) in [7, 11) is 0. The van der Waals surface area contributed by atoms with Crippen LogP contribution in [0, 0.1) is 0 Å². The van der Waals surface area contributed by atoms with Crippen LogP contribution in [0.1, 0.15) is 0 Å². The Kier molecular flexibility index (Phi) is 5.22. The maximum atomic E-state index is 6.42. The van der Waals surface area contributed by atoms with E-state index in [0.717, 1.165) is 32.0 Å². The molecule has 3 heteroatoms. The summed E-state index contributed by atoms with van der Waals surface area (Å²) in [6, 6.07) is 45.5. The molecule has 39 heavy (non-hydrogen) atoms. The van der Waals surface area contributed by atoms with E-state index in [1.807, 2.05) is 23.5 Å². The zero-order chi connectivity index (χ0) is 25.9. The highest BCUT2D eigenvalue weighted by Gasteiger charge is 2.17. The van der Waals surface area contributed by atoms with Crippen LogP contribution in [0.15, 0.2) is 136 Å². The largest absolute Gasteiger partial charge is 0.455 e. The molecule has 0 aliphatic carbocycles. The van der Waals surface area contributed by atoms with E-state index < -0.39 is 0 Å². The van der Waals surface area contributed by atoms with Gasteiger partial charge in [-0.15, -0.1) is 11.3 Å². The van der Waals surface area contributed by atoms with E-state index in [-0.39, 0.29) is 0 Å². The molecule has 0 N–H and O–H groups in total. The molecule has 6 aromatic carbocycles. The van der Waals surface area contributed by atoms with Gasteiger partial charge in [0.15, 0.2) is 0 Å². The number of furan rings is 1. The summed E-state index contributed by atoms with van der Waals surface area (Å²) in [5.74, 6) is 0. The van der Waals surface area contributed by atoms with Crippen LogP contribution in [-0.4, -0.2) is 0 Å². The lowest BCUT2D eigenvalue weighted by Crippen LogP contribution is -1.82. The summed E-state index contributed by atoms with van der Waals surface area (Å²) in [6.45, 7) is 0. The smallest absolute Gasteiger partial charge is 0.143 e. The summed E-state index contributed by atoms with van der Waals surface area (Å²) in [6.07, 6.45) is 0. The molecule has 2 heterocycles. The maximum Gasteiger partial charge on any atom is 0.143 e. The molecule has 8 aromatic rings. The highest BCUT2D eigenvalue weighted by atomic mass is 79.9. The van der Waals surface area contributed by atoms with Crippen LogP contribution in [0.25, 0.3) is 75.5 Å². The molecule has 0 aliphatic rings. The average Bonchev–Trinajstić information content (AvgIpc) is 3.56. The monoisotopic (exact) mass is 580 g/mol. The van der Waals surface area contributed by atoms with Crippen LogP contribution in [0.4, 0.5) is 0 Å². The Labute approximate surface area is 238 Å². The van der Waals surface area contributed by atoms with E-state index in [9.17, 15) is 0 Å². The van der Waals surface area contributed by atoms with Gasteiger partial charge >= 0.3 is 0 Å². The van der Waals surface area contributed by atoms with Crippen LogP contribution < -0.4 is 0 Å². The van der Waals surface area contributed by atoms with Gasteiger partial charge in [0.2, 0.25) is 0 Å². The normalized spacial score (nSPS) is 11.7. The maximum absolute atomic E-state index is 6.42. The Balaban J connectivity index is 1.34. The second-order valence-corrected chi connectivity index (χ2v) is 11.8. The Morgan fingerprint density at radius 1 is 0.462 bits per heavy atom. The second kappa shape index (κ2) is 8.94. The number of hydrogen-bond acceptors (Lipinski definition) is 2. The molecule has 0 saturated heterocycles. The molecule has 0 spiro atoms. The topological polar surface area (TPSA) is 13.1 Å². The number of benzene rings is 6. The van der Waals surface area contributed by atoms with E-state index >= 15 is 0 Å². The fourth-order valence-corrected chi connectivity index (χ4v) is 7.36. The Hall–Kier alpha value is -4.18. The Morgan fingerprint density at radius 2 is 1.08 bits per heavy atom. The Morgan fingerprint density at radius 3 is 1.90 bits per heavy atom. The molecule has 8 rings (SSSR count). The first-order valence-corrected chi connectivity index (χ1v) is 14.6. The van der Waals surface area contributed by atoms with Crippen molar-refractivity contribution in [3.8, 4) is 33.4 Å². The van der Waals surface area contributed by atoms with Crippen molar-refractivity contribution in [1.82, 2.24) is 0 Å². The Bertz CT molecular complexity index is 2180. The van der Waals surface area contributed by atoms with Crippen LogP contribution in [0.3, 0.4) is 0 Å². The van der Waals surface area contributed by atoms with Crippen molar-refractivity contribution >= 4 is 69.4 Å². The lowest BCUT2D eigenvalue weighted by molar-refractivity contribution is 0.670. The van der Waals surface area contributed by atoms with Crippen LogP contribution in [0.2, 0.25) is 0 Å². The molecule has 0 aliphatic heterocycles. The number of fused-ring (bicyclic) bond motifs is 6. The summed E-state index contributed by atoms with van der Waals surface area (Å²) in [5, 5.41) is 4.89. The third-order valence-electron chi connectivity index (χ3n) is 7.57. The molecule has 0 saturated carbocycles. The number of rotatable bonds is 3. The molecular formula is C36H21BrOS. The highest BCUT2D eigenvalue weighted by Crippen LogP contribution is 2.46. The van der Waals surface area contributed by atoms with E-state index in [0.29, 0.717) is 0 Å². The van der Waals surface area contributed by atoms with Crippen molar-refractivity contribution < 1.29 is 4.42 Å². The van der Waals surface area contributed by atoms with Crippen LogP contribution in [-0.2, 0) is 0 Å². The van der Waals surface area contributed by atoms with Crippen molar-refractivity contribution in [3.63, 3.8) is 0 Å². The average molecular weight is 582 g/mol. The van der Waals surface area contributed by atoms with Crippen molar-refractivity contribution in [2.24, 2.45) is 0 Å². The highest BCUT2D eigenvalue weighted by molar-refractivity contribution is 9.10. The molecule has 0 fully saturated rings. The van der Waals surface area contributed by atoms with Gasteiger partial charge in [-0.3, -0.25) is 0 Å². The molecule has 0 bridgehead atoms. The van der Waals surface area contributed by atoms with Crippen molar-refractivity contribution in [3.05, 3.63) is 132 Å². The van der Waals surface area contributed by atoms with E-state index in [4.69, 9.17) is 4.42 Å². The molecule has 184 valence electrons. The minimum atomic E-state index is 0.927. The third kappa shape index (κ3) is 3.65. The van der Waals surface area contributed by atoms with Crippen LogP contribution in [0.5, 0.6) is 0 Å². The predicted molar refractivity (Wildman–Crippen MR) is 171 cm³/mol. The fraction of sp³-hybridized carbons (Fsp3) is 0. The van der Waals surface area contributed by atoms with Gasteiger partial charge in [0.25, 0.3) is 0 Å². The summed E-state index contributed by atoms with van der Waals surface area (Å²) >= 11 is 5.43. The first-order valence-electron chi connectivity index (χ1n) is 13.0. The molecule has 0 unspecified atom stereocenters. The second-order valence-electron chi connectivity index (χ2n) is 9.83. The van der Waals surface area contributed by atoms with Gasteiger partial charge in [0.1, 0.15) is 11.2 Å². The van der Waals surface area contributed by atoms with Gasteiger partial charge in [-0.25, -0.2) is 0 Å².